The molecular weight excluding hydrogens is 218 g/mol. The molecule has 16 heavy (non-hydrogen) atoms. The normalized spacial score (nSPS) is 14.9. The quantitative estimate of drug-likeness (QED) is 0.852. The van der Waals surface area contributed by atoms with E-state index < -0.39 is 0 Å². The summed E-state index contributed by atoms with van der Waals surface area (Å²) in [6.45, 7) is 5.40. The van der Waals surface area contributed by atoms with Gasteiger partial charge in [-0.3, -0.25) is 0 Å². The first-order valence-corrected chi connectivity index (χ1v) is 6.44. The fraction of sp³-hybridized carbons (Fsp3) is 0.385. The summed E-state index contributed by atoms with van der Waals surface area (Å²) >= 11 is 1.82. The van der Waals surface area contributed by atoms with E-state index in [2.05, 4.69) is 36.7 Å². The molecule has 0 aliphatic carbocycles. The summed E-state index contributed by atoms with van der Waals surface area (Å²) in [6, 6.07) is 6.66. The Balaban J connectivity index is 1.84. The van der Waals surface area contributed by atoms with E-state index in [9.17, 15) is 0 Å². The number of rotatable bonds is 5. The highest BCUT2D eigenvalue weighted by Crippen LogP contribution is 2.21. The van der Waals surface area contributed by atoms with Crippen LogP contribution in [0, 0.1) is 0 Å². The molecule has 2 aromatic heterocycles. The van der Waals surface area contributed by atoms with E-state index in [0.717, 1.165) is 6.54 Å². The lowest BCUT2D eigenvalue weighted by atomic mass is 10.1. The van der Waals surface area contributed by atoms with Gasteiger partial charge in [-0.25, -0.2) is 0 Å². The highest BCUT2D eigenvalue weighted by Gasteiger charge is 2.10. The molecule has 2 atom stereocenters. The van der Waals surface area contributed by atoms with Crippen molar-refractivity contribution in [3.8, 4) is 0 Å². The topological polar surface area (TPSA) is 25.2 Å². The summed E-state index contributed by atoms with van der Waals surface area (Å²) in [7, 11) is 0. The van der Waals surface area contributed by atoms with Gasteiger partial charge in [0.05, 0.1) is 12.5 Å². The van der Waals surface area contributed by atoms with Crippen molar-refractivity contribution >= 4 is 11.3 Å². The number of nitrogens with one attached hydrogen (secondary N) is 1. The molecule has 86 valence electrons. The summed E-state index contributed by atoms with van der Waals surface area (Å²) in [5, 5.41) is 5.65. The molecule has 0 aliphatic heterocycles. The molecule has 0 radical (unpaired) electrons. The van der Waals surface area contributed by atoms with Crippen LogP contribution in [-0.4, -0.2) is 6.54 Å². The van der Waals surface area contributed by atoms with Crippen molar-refractivity contribution in [2.45, 2.75) is 25.8 Å². The molecule has 0 aromatic carbocycles. The molecule has 1 N–H and O–H groups in total. The van der Waals surface area contributed by atoms with E-state index in [-0.39, 0.29) is 0 Å². The largest absolute Gasteiger partial charge is 0.472 e. The zero-order valence-corrected chi connectivity index (χ0v) is 10.5. The minimum atomic E-state index is 0.348. The van der Waals surface area contributed by atoms with Gasteiger partial charge >= 0.3 is 0 Å². The van der Waals surface area contributed by atoms with Crippen LogP contribution >= 0.6 is 11.3 Å². The minimum Gasteiger partial charge on any atom is -0.472 e. The van der Waals surface area contributed by atoms with Crippen LogP contribution in [0.25, 0.3) is 0 Å². The van der Waals surface area contributed by atoms with Crippen LogP contribution in [0.5, 0.6) is 0 Å². The molecule has 0 aliphatic rings. The lowest BCUT2D eigenvalue weighted by Gasteiger charge is -2.15. The molecule has 0 spiro atoms. The van der Waals surface area contributed by atoms with Crippen molar-refractivity contribution in [3.05, 3.63) is 46.5 Å². The third-order valence-corrected chi connectivity index (χ3v) is 3.91. The minimum absolute atomic E-state index is 0.348. The Kier molecular flexibility index (Phi) is 3.80. The second-order valence-electron chi connectivity index (χ2n) is 4.10. The second kappa shape index (κ2) is 5.32. The van der Waals surface area contributed by atoms with E-state index in [4.69, 9.17) is 4.42 Å². The first-order valence-electron chi connectivity index (χ1n) is 5.56. The monoisotopic (exact) mass is 235 g/mol. The Morgan fingerprint density at radius 1 is 1.38 bits per heavy atom. The van der Waals surface area contributed by atoms with Gasteiger partial charge in [0.2, 0.25) is 0 Å². The predicted octanol–water partition coefficient (Wildman–Crippen LogP) is 3.80. The molecule has 0 saturated carbocycles. The number of hydrogen-bond donors (Lipinski definition) is 1. The van der Waals surface area contributed by atoms with Crippen LogP contribution in [0.15, 0.2) is 40.5 Å². The fourth-order valence-electron chi connectivity index (χ4n) is 1.67. The summed E-state index contributed by atoms with van der Waals surface area (Å²) in [5.41, 5.74) is 1.21. The average molecular weight is 235 g/mol. The van der Waals surface area contributed by atoms with Gasteiger partial charge in [-0.15, -0.1) is 11.3 Å². The molecule has 0 saturated heterocycles. The number of hydrogen-bond acceptors (Lipinski definition) is 3. The van der Waals surface area contributed by atoms with Gasteiger partial charge in [-0.05, 0) is 24.4 Å². The number of furan rings is 1. The van der Waals surface area contributed by atoms with Crippen molar-refractivity contribution in [1.82, 2.24) is 5.32 Å². The summed E-state index contributed by atoms with van der Waals surface area (Å²) in [4.78, 5) is 1.44. The van der Waals surface area contributed by atoms with E-state index in [1.165, 1.54) is 10.4 Å². The van der Waals surface area contributed by atoms with Crippen LogP contribution in [0.4, 0.5) is 0 Å². The lowest BCUT2D eigenvalue weighted by molar-refractivity contribution is 0.522. The van der Waals surface area contributed by atoms with Gasteiger partial charge in [0.15, 0.2) is 0 Å². The van der Waals surface area contributed by atoms with Crippen molar-refractivity contribution < 1.29 is 4.42 Å². The maximum Gasteiger partial charge on any atom is 0.0950 e. The summed E-state index contributed by atoms with van der Waals surface area (Å²) in [5.74, 6) is 0.564. The maximum absolute atomic E-state index is 5.08. The molecule has 2 heterocycles. The van der Waals surface area contributed by atoms with Crippen molar-refractivity contribution in [2.75, 3.05) is 6.54 Å². The van der Waals surface area contributed by atoms with Gasteiger partial charge in [0, 0.05) is 28.9 Å². The third kappa shape index (κ3) is 2.74. The highest BCUT2D eigenvalue weighted by atomic mass is 32.1. The first kappa shape index (κ1) is 11.4. The Hall–Kier alpha value is -1.06. The van der Waals surface area contributed by atoms with Crippen LogP contribution < -0.4 is 5.32 Å². The van der Waals surface area contributed by atoms with Crippen LogP contribution in [-0.2, 0) is 0 Å². The van der Waals surface area contributed by atoms with Crippen LogP contribution in [0.1, 0.15) is 36.2 Å². The van der Waals surface area contributed by atoms with E-state index in [1.54, 1.807) is 12.5 Å². The maximum atomic E-state index is 5.08. The Bertz CT molecular complexity index is 353. The Morgan fingerprint density at radius 3 is 2.88 bits per heavy atom. The van der Waals surface area contributed by atoms with Crippen LogP contribution in [0.2, 0.25) is 0 Å². The van der Waals surface area contributed by atoms with Crippen LogP contribution in [0.3, 0.4) is 0 Å². The standard InChI is InChI=1S/C13H17NOS/c1-10(13-4-3-7-16-13)8-14-11(2)12-5-6-15-9-12/h3-7,9-11,14H,8H2,1-2H3. The number of thiophene rings is 1. The van der Waals surface area contributed by atoms with E-state index in [1.807, 2.05) is 17.4 Å². The Labute approximate surface area is 100 Å². The molecule has 2 aromatic rings. The molecule has 0 fully saturated rings. The summed E-state index contributed by atoms with van der Waals surface area (Å²) in [6.07, 6.45) is 3.52. The fourth-order valence-corrected chi connectivity index (χ4v) is 2.45. The third-order valence-electron chi connectivity index (χ3n) is 2.80. The molecule has 2 nitrogen and oxygen atoms in total. The second-order valence-corrected chi connectivity index (χ2v) is 5.08. The molecule has 2 rings (SSSR count). The molecule has 3 heteroatoms. The summed E-state index contributed by atoms with van der Waals surface area (Å²) < 4.78 is 5.08. The molecule has 0 amide bonds. The zero-order chi connectivity index (χ0) is 11.4. The molecular formula is C13H17NOS. The SMILES string of the molecule is CC(CNC(C)c1ccoc1)c1cccs1. The van der Waals surface area contributed by atoms with Gasteiger partial charge < -0.3 is 9.73 Å². The van der Waals surface area contributed by atoms with Gasteiger partial charge in [-0.1, -0.05) is 13.0 Å². The highest BCUT2D eigenvalue weighted by molar-refractivity contribution is 7.10. The Morgan fingerprint density at radius 2 is 2.25 bits per heavy atom. The smallest absolute Gasteiger partial charge is 0.0950 e. The zero-order valence-electron chi connectivity index (χ0n) is 9.64. The van der Waals surface area contributed by atoms with Gasteiger partial charge in [-0.2, -0.15) is 0 Å². The van der Waals surface area contributed by atoms with E-state index in [0.29, 0.717) is 12.0 Å². The van der Waals surface area contributed by atoms with Crippen molar-refractivity contribution in [1.29, 1.82) is 0 Å². The molecule has 2 unspecified atom stereocenters. The van der Waals surface area contributed by atoms with E-state index >= 15 is 0 Å². The van der Waals surface area contributed by atoms with Crippen molar-refractivity contribution in [2.24, 2.45) is 0 Å². The predicted molar refractivity (Wildman–Crippen MR) is 67.9 cm³/mol. The lowest BCUT2D eigenvalue weighted by Crippen LogP contribution is -2.22. The van der Waals surface area contributed by atoms with Gasteiger partial charge in [0.25, 0.3) is 0 Å². The average Bonchev–Trinajstić information content (AvgIpc) is 2.95. The first-order chi connectivity index (χ1) is 7.77. The molecule has 0 bridgehead atoms. The van der Waals surface area contributed by atoms with Gasteiger partial charge in [0.1, 0.15) is 0 Å². The van der Waals surface area contributed by atoms with Crippen molar-refractivity contribution in [3.63, 3.8) is 0 Å².